The molecule has 0 aromatic heterocycles. The average Bonchev–Trinajstić information content (AvgIpc) is 2.28. The highest BCUT2D eigenvalue weighted by Crippen LogP contribution is 2.23. The molecule has 0 spiro atoms. The fraction of sp³-hybridized carbons (Fsp3) is 0.571. The van der Waals surface area contributed by atoms with Crippen LogP contribution >= 0.6 is 0 Å². The third-order valence-electron chi connectivity index (χ3n) is 2.73. The first-order chi connectivity index (χ1) is 7.67. The topological polar surface area (TPSA) is 9.23 Å². The molecule has 0 aliphatic carbocycles. The van der Waals surface area contributed by atoms with Gasteiger partial charge in [0.05, 0.1) is 6.10 Å². The summed E-state index contributed by atoms with van der Waals surface area (Å²) in [6.07, 6.45) is 4.29. The van der Waals surface area contributed by atoms with Crippen molar-refractivity contribution in [3.8, 4) is 5.75 Å². The van der Waals surface area contributed by atoms with E-state index >= 15 is 0 Å². The van der Waals surface area contributed by atoms with Crippen molar-refractivity contribution in [3.63, 3.8) is 0 Å². The summed E-state index contributed by atoms with van der Waals surface area (Å²) in [6.45, 7) is 6.23. The molecule has 0 saturated heterocycles. The number of benzene rings is 1. The number of aryl methyl sites for hydroxylation is 1. The molecule has 1 nitrogen and oxygen atoms in total. The maximum Gasteiger partial charge on any atom is 0.126 e. The Morgan fingerprint density at radius 3 is 2.69 bits per heavy atom. The summed E-state index contributed by atoms with van der Waals surface area (Å²) < 4.78 is 18.9. The minimum atomic E-state index is -0.224. The van der Waals surface area contributed by atoms with Crippen LogP contribution in [-0.2, 0) is 6.42 Å². The van der Waals surface area contributed by atoms with Crippen molar-refractivity contribution in [2.45, 2.75) is 52.6 Å². The van der Waals surface area contributed by atoms with Gasteiger partial charge in [-0.3, -0.25) is 0 Å². The number of hydrogen-bond donors (Lipinski definition) is 0. The van der Waals surface area contributed by atoms with Gasteiger partial charge in [0, 0.05) is 6.07 Å². The molecule has 0 saturated carbocycles. The lowest BCUT2D eigenvalue weighted by Crippen LogP contribution is -2.11. The van der Waals surface area contributed by atoms with Gasteiger partial charge >= 0.3 is 0 Å². The van der Waals surface area contributed by atoms with E-state index in [-0.39, 0.29) is 11.9 Å². The second-order valence-corrected chi connectivity index (χ2v) is 4.19. The van der Waals surface area contributed by atoms with Gasteiger partial charge in [0.1, 0.15) is 11.6 Å². The zero-order valence-corrected chi connectivity index (χ0v) is 10.4. The number of ether oxygens (including phenoxy) is 1. The molecule has 1 atom stereocenters. The summed E-state index contributed by atoms with van der Waals surface area (Å²) in [6, 6.07) is 4.84. The van der Waals surface area contributed by atoms with E-state index in [4.69, 9.17) is 4.74 Å². The SMILES string of the molecule is CCCCc1ccc(F)cc1O[C@H](C)CC. The molecule has 0 aliphatic rings. The van der Waals surface area contributed by atoms with E-state index in [1.54, 1.807) is 0 Å². The van der Waals surface area contributed by atoms with Crippen molar-refractivity contribution in [1.29, 1.82) is 0 Å². The Labute approximate surface area is 97.6 Å². The highest BCUT2D eigenvalue weighted by Gasteiger charge is 2.08. The largest absolute Gasteiger partial charge is 0.490 e. The summed E-state index contributed by atoms with van der Waals surface area (Å²) >= 11 is 0. The van der Waals surface area contributed by atoms with E-state index in [9.17, 15) is 4.39 Å². The monoisotopic (exact) mass is 224 g/mol. The first-order valence-electron chi connectivity index (χ1n) is 6.12. The smallest absolute Gasteiger partial charge is 0.126 e. The Balaban J connectivity index is 2.80. The van der Waals surface area contributed by atoms with Gasteiger partial charge in [-0.15, -0.1) is 0 Å². The Bertz CT molecular complexity index is 323. The lowest BCUT2D eigenvalue weighted by molar-refractivity contribution is 0.214. The van der Waals surface area contributed by atoms with Crippen LogP contribution in [0.25, 0.3) is 0 Å². The van der Waals surface area contributed by atoms with Crippen molar-refractivity contribution in [1.82, 2.24) is 0 Å². The fourth-order valence-corrected chi connectivity index (χ4v) is 1.51. The molecular weight excluding hydrogens is 203 g/mol. The van der Waals surface area contributed by atoms with E-state index < -0.39 is 0 Å². The molecule has 0 fully saturated rings. The van der Waals surface area contributed by atoms with Crippen LogP contribution in [0, 0.1) is 5.82 Å². The predicted molar refractivity (Wildman–Crippen MR) is 65.4 cm³/mol. The number of unbranched alkanes of at least 4 members (excludes halogenated alkanes) is 1. The molecular formula is C14H21FO. The van der Waals surface area contributed by atoms with Crippen molar-refractivity contribution < 1.29 is 9.13 Å². The standard InChI is InChI=1S/C14H21FO/c1-4-6-7-12-8-9-13(15)10-14(12)16-11(3)5-2/h8-11H,4-7H2,1-3H3/t11-/m1/s1. The number of halogens is 1. The van der Waals surface area contributed by atoms with Crippen LogP contribution in [0.5, 0.6) is 5.75 Å². The lowest BCUT2D eigenvalue weighted by Gasteiger charge is -2.16. The van der Waals surface area contributed by atoms with Gasteiger partial charge in [0.25, 0.3) is 0 Å². The summed E-state index contributed by atoms with van der Waals surface area (Å²) in [7, 11) is 0. The zero-order valence-electron chi connectivity index (χ0n) is 10.4. The molecule has 0 bridgehead atoms. The summed E-state index contributed by atoms with van der Waals surface area (Å²) in [5.41, 5.74) is 1.11. The molecule has 0 heterocycles. The minimum Gasteiger partial charge on any atom is -0.490 e. The molecule has 0 amide bonds. The summed E-state index contributed by atoms with van der Waals surface area (Å²) in [5, 5.41) is 0. The van der Waals surface area contributed by atoms with Gasteiger partial charge < -0.3 is 4.74 Å². The highest BCUT2D eigenvalue weighted by molar-refractivity contribution is 5.34. The summed E-state index contributed by atoms with van der Waals surface area (Å²) in [5.74, 6) is 0.487. The van der Waals surface area contributed by atoms with Gasteiger partial charge in [0.15, 0.2) is 0 Å². The maximum absolute atomic E-state index is 13.1. The molecule has 2 heteroatoms. The van der Waals surface area contributed by atoms with Crippen LogP contribution in [0.1, 0.15) is 45.6 Å². The van der Waals surface area contributed by atoms with Gasteiger partial charge in [0.2, 0.25) is 0 Å². The lowest BCUT2D eigenvalue weighted by atomic mass is 10.1. The quantitative estimate of drug-likeness (QED) is 0.698. The minimum absolute atomic E-state index is 0.141. The van der Waals surface area contributed by atoms with E-state index in [0.717, 1.165) is 31.2 Å². The molecule has 1 aromatic rings. The van der Waals surface area contributed by atoms with E-state index in [0.29, 0.717) is 5.75 Å². The zero-order chi connectivity index (χ0) is 12.0. The molecule has 0 radical (unpaired) electrons. The van der Waals surface area contributed by atoms with Gasteiger partial charge in [-0.25, -0.2) is 4.39 Å². The van der Waals surface area contributed by atoms with Crippen molar-refractivity contribution in [2.24, 2.45) is 0 Å². The molecule has 0 aliphatic heterocycles. The van der Waals surface area contributed by atoms with Crippen molar-refractivity contribution in [2.75, 3.05) is 0 Å². The van der Waals surface area contributed by atoms with E-state index in [1.165, 1.54) is 12.1 Å². The van der Waals surface area contributed by atoms with Crippen molar-refractivity contribution >= 4 is 0 Å². The van der Waals surface area contributed by atoms with Crippen LogP contribution in [0.2, 0.25) is 0 Å². The Hall–Kier alpha value is -1.05. The third-order valence-corrected chi connectivity index (χ3v) is 2.73. The van der Waals surface area contributed by atoms with Gasteiger partial charge in [-0.05, 0) is 37.8 Å². The molecule has 0 unspecified atom stereocenters. The molecule has 1 rings (SSSR count). The second kappa shape index (κ2) is 6.51. The summed E-state index contributed by atoms with van der Waals surface area (Å²) in [4.78, 5) is 0. The fourth-order valence-electron chi connectivity index (χ4n) is 1.51. The maximum atomic E-state index is 13.1. The van der Waals surface area contributed by atoms with Crippen LogP contribution in [0.3, 0.4) is 0 Å². The normalized spacial score (nSPS) is 12.5. The molecule has 1 aromatic carbocycles. The van der Waals surface area contributed by atoms with Crippen LogP contribution < -0.4 is 4.74 Å². The van der Waals surface area contributed by atoms with Crippen molar-refractivity contribution in [3.05, 3.63) is 29.6 Å². The predicted octanol–water partition coefficient (Wildman–Crippen LogP) is 4.35. The molecule has 90 valence electrons. The van der Waals surface area contributed by atoms with Crippen LogP contribution in [0.4, 0.5) is 4.39 Å². The third kappa shape index (κ3) is 3.84. The average molecular weight is 224 g/mol. The van der Waals surface area contributed by atoms with E-state index in [1.807, 2.05) is 13.0 Å². The number of hydrogen-bond acceptors (Lipinski definition) is 1. The van der Waals surface area contributed by atoms with Crippen LogP contribution in [-0.4, -0.2) is 6.10 Å². The second-order valence-electron chi connectivity index (χ2n) is 4.19. The Kier molecular flexibility index (Phi) is 5.30. The van der Waals surface area contributed by atoms with Gasteiger partial charge in [-0.2, -0.15) is 0 Å². The highest BCUT2D eigenvalue weighted by atomic mass is 19.1. The first kappa shape index (κ1) is 13.0. The Morgan fingerprint density at radius 1 is 1.31 bits per heavy atom. The first-order valence-corrected chi connectivity index (χ1v) is 6.12. The van der Waals surface area contributed by atoms with Gasteiger partial charge in [-0.1, -0.05) is 26.3 Å². The molecule has 16 heavy (non-hydrogen) atoms. The van der Waals surface area contributed by atoms with E-state index in [2.05, 4.69) is 13.8 Å². The molecule has 0 N–H and O–H groups in total. The Morgan fingerprint density at radius 2 is 2.06 bits per heavy atom. The van der Waals surface area contributed by atoms with Crippen LogP contribution in [0.15, 0.2) is 18.2 Å². The number of rotatable bonds is 6.